The molecule has 0 heterocycles. The lowest BCUT2D eigenvalue weighted by Gasteiger charge is -2.30. The zero-order valence-corrected chi connectivity index (χ0v) is 12.9. The first-order valence-electron chi connectivity index (χ1n) is 6.62. The van der Waals surface area contributed by atoms with Gasteiger partial charge in [0, 0.05) is 0 Å². The molecule has 0 aromatic rings. The Labute approximate surface area is 121 Å². The molecule has 0 aromatic carbocycles. The van der Waals surface area contributed by atoms with Crippen molar-refractivity contribution in [2.45, 2.75) is 33.8 Å². The third kappa shape index (κ3) is 6.76. The normalized spacial score (nSPS) is 11.7. The van der Waals surface area contributed by atoms with Crippen molar-refractivity contribution in [3.8, 4) is 24.0 Å². The molecule has 0 fully saturated rings. The molecule has 0 N–H and O–H groups in total. The third-order valence-corrected chi connectivity index (χ3v) is 3.43. The van der Waals surface area contributed by atoms with Crippen LogP contribution in [0.15, 0.2) is 0 Å². The van der Waals surface area contributed by atoms with E-state index in [-0.39, 0.29) is 0 Å². The minimum atomic E-state index is -2.81. The van der Waals surface area contributed by atoms with Gasteiger partial charge in [0.1, 0.15) is 6.10 Å². The highest BCUT2D eigenvalue weighted by molar-refractivity contribution is 6.94. The van der Waals surface area contributed by atoms with Gasteiger partial charge in [-0.25, -0.2) is 15.8 Å². The standard InChI is InChI=1S/C7H18N.C6H4BN4O/c1-5-8(4,6-2)7-3;1-6(2-8)12-7(3-9,4-10)5-11/h5-7H2,1-4H3;6H,1H3/q+1;-1. The quantitative estimate of drug-likeness (QED) is 0.559. The first-order chi connectivity index (χ1) is 9.32. The maximum Gasteiger partial charge on any atom is 0.409 e. The van der Waals surface area contributed by atoms with Crippen molar-refractivity contribution in [1.82, 2.24) is 0 Å². The number of rotatable bonds is 5. The van der Waals surface area contributed by atoms with Crippen molar-refractivity contribution in [1.29, 1.82) is 21.0 Å². The summed E-state index contributed by atoms with van der Waals surface area (Å²) in [6.07, 6.45) is -3.74. The fraction of sp³-hybridized carbons (Fsp3) is 0.692. The smallest absolute Gasteiger partial charge is 0.409 e. The van der Waals surface area contributed by atoms with Crippen LogP contribution in [0.2, 0.25) is 0 Å². The molecule has 0 spiro atoms. The Morgan fingerprint density at radius 2 is 1.30 bits per heavy atom. The van der Waals surface area contributed by atoms with E-state index < -0.39 is 12.5 Å². The maximum absolute atomic E-state index is 8.42. The van der Waals surface area contributed by atoms with Crippen LogP contribution in [0.5, 0.6) is 0 Å². The molecule has 1 unspecified atom stereocenters. The summed E-state index contributed by atoms with van der Waals surface area (Å²) >= 11 is 0. The highest BCUT2D eigenvalue weighted by Gasteiger charge is 2.27. The zero-order chi connectivity index (χ0) is 16.2. The predicted octanol–water partition coefficient (Wildman–Crippen LogP) is 1.54. The molecule has 0 radical (unpaired) electrons. The first-order valence-corrected chi connectivity index (χ1v) is 6.62. The molecule has 7 heteroatoms. The second-order valence-corrected chi connectivity index (χ2v) is 4.65. The number of hydrogen-bond donors (Lipinski definition) is 0. The van der Waals surface area contributed by atoms with E-state index in [9.17, 15) is 0 Å². The molecule has 6 nitrogen and oxygen atoms in total. The molecule has 0 aromatic heterocycles. The summed E-state index contributed by atoms with van der Waals surface area (Å²) in [7, 11) is 2.29. The summed E-state index contributed by atoms with van der Waals surface area (Å²) in [5.74, 6) is 4.34. The van der Waals surface area contributed by atoms with E-state index in [1.165, 1.54) is 48.9 Å². The van der Waals surface area contributed by atoms with Gasteiger partial charge < -0.3 is 9.14 Å². The van der Waals surface area contributed by atoms with Crippen LogP contribution in [0, 0.1) is 45.0 Å². The predicted molar refractivity (Wildman–Crippen MR) is 76.6 cm³/mol. The van der Waals surface area contributed by atoms with Crippen molar-refractivity contribution in [3.05, 3.63) is 0 Å². The van der Waals surface area contributed by atoms with Crippen LogP contribution in [0.25, 0.3) is 0 Å². The van der Waals surface area contributed by atoms with Crippen molar-refractivity contribution in [2.75, 3.05) is 26.7 Å². The molecule has 0 aliphatic carbocycles. The van der Waals surface area contributed by atoms with Crippen molar-refractivity contribution < 1.29 is 9.14 Å². The molecule has 20 heavy (non-hydrogen) atoms. The summed E-state index contributed by atoms with van der Waals surface area (Å²) in [6.45, 7) is 11.9. The molecule has 108 valence electrons. The minimum absolute atomic E-state index is 0.927. The molecule has 0 aliphatic heterocycles. The summed E-state index contributed by atoms with van der Waals surface area (Å²) in [6, 6.07) is 1.66. The van der Waals surface area contributed by atoms with Gasteiger partial charge in [-0.2, -0.15) is 5.26 Å². The Hall–Kier alpha value is -2.06. The van der Waals surface area contributed by atoms with Crippen LogP contribution >= 0.6 is 0 Å². The second kappa shape index (κ2) is 9.82. The molecule has 0 aliphatic rings. The molecule has 0 amide bonds. The number of quaternary nitrogens is 1. The molecule has 1 atom stereocenters. The SMILES string of the molecule is CC(C#N)O[B-](C#N)(C#N)C#N.CC[N+](C)(CC)CC. The van der Waals surface area contributed by atoms with Gasteiger partial charge in [-0.1, -0.05) is 17.9 Å². The van der Waals surface area contributed by atoms with Crippen molar-refractivity contribution >= 4 is 6.35 Å². The van der Waals surface area contributed by atoms with Gasteiger partial charge in [-0.15, -0.1) is 0 Å². The van der Waals surface area contributed by atoms with E-state index in [1.807, 2.05) is 0 Å². The van der Waals surface area contributed by atoms with Gasteiger partial charge in [0.15, 0.2) is 0 Å². The van der Waals surface area contributed by atoms with E-state index in [4.69, 9.17) is 21.0 Å². The molecule has 0 rings (SSSR count). The molecular weight excluding hydrogens is 253 g/mol. The topological polar surface area (TPSA) is 104 Å². The van der Waals surface area contributed by atoms with Gasteiger partial charge in [0.25, 0.3) is 0 Å². The van der Waals surface area contributed by atoms with Crippen LogP contribution in [-0.4, -0.2) is 43.6 Å². The van der Waals surface area contributed by atoms with Gasteiger partial charge in [0.2, 0.25) is 0 Å². The van der Waals surface area contributed by atoms with Crippen molar-refractivity contribution in [3.63, 3.8) is 0 Å². The van der Waals surface area contributed by atoms with E-state index in [0.29, 0.717) is 0 Å². The van der Waals surface area contributed by atoms with Crippen LogP contribution in [0.3, 0.4) is 0 Å². The van der Waals surface area contributed by atoms with Gasteiger partial charge >= 0.3 is 6.35 Å². The van der Waals surface area contributed by atoms with E-state index >= 15 is 0 Å². The average molecular weight is 275 g/mol. The Bertz CT molecular complexity index is 403. The van der Waals surface area contributed by atoms with Gasteiger partial charge in [0.05, 0.1) is 32.8 Å². The Kier molecular flexibility index (Phi) is 9.95. The van der Waals surface area contributed by atoms with Crippen LogP contribution in [0.1, 0.15) is 27.7 Å². The lowest BCUT2D eigenvalue weighted by atomic mass is 9.44. The lowest BCUT2D eigenvalue weighted by Crippen LogP contribution is -2.42. The monoisotopic (exact) mass is 275 g/mol. The highest BCUT2D eigenvalue weighted by Crippen LogP contribution is 2.04. The minimum Gasteiger partial charge on any atom is -0.544 e. The number of nitrogens with zero attached hydrogens (tertiary/aromatic N) is 5. The van der Waals surface area contributed by atoms with Gasteiger partial charge in [-0.05, 0) is 27.7 Å². The summed E-state index contributed by atoms with van der Waals surface area (Å²) in [5.41, 5.74) is 0. The molecule has 0 saturated carbocycles. The Morgan fingerprint density at radius 3 is 1.45 bits per heavy atom. The Balaban J connectivity index is 0. The number of nitriles is 4. The second-order valence-electron chi connectivity index (χ2n) is 4.65. The van der Waals surface area contributed by atoms with E-state index in [0.717, 1.165) is 0 Å². The first kappa shape index (κ1) is 20.3. The Morgan fingerprint density at radius 1 is 0.950 bits per heavy atom. The zero-order valence-electron chi connectivity index (χ0n) is 12.9. The van der Waals surface area contributed by atoms with E-state index in [2.05, 4.69) is 32.5 Å². The third-order valence-electron chi connectivity index (χ3n) is 3.43. The molecule has 0 saturated heterocycles. The van der Waals surface area contributed by atoms with Crippen molar-refractivity contribution in [2.24, 2.45) is 0 Å². The largest absolute Gasteiger partial charge is 0.544 e. The van der Waals surface area contributed by atoms with Crippen LogP contribution in [0.4, 0.5) is 0 Å². The highest BCUT2D eigenvalue weighted by atomic mass is 16.5. The summed E-state index contributed by atoms with van der Waals surface area (Å²) < 4.78 is 5.86. The van der Waals surface area contributed by atoms with Crippen LogP contribution in [-0.2, 0) is 4.65 Å². The summed E-state index contributed by atoms with van der Waals surface area (Å²) in [5, 5.41) is 33.5. The maximum atomic E-state index is 8.42. The fourth-order valence-corrected chi connectivity index (χ4v) is 1.19. The number of hydrogen-bond acceptors (Lipinski definition) is 5. The molecule has 0 bridgehead atoms. The average Bonchev–Trinajstić information content (AvgIpc) is 2.52. The lowest BCUT2D eigenvalue weighted by molar-refractivity contribution is -0.904. The van der Waals surface area contributed by atoms with Gasteiger partial charge in [-0.3, -0.25) is 0 Å². The fourth-order valence-electron chi connectivity index (χ4n) is 1.19. The van der Waals surface area contributed by atoms with Crippen LogP contribution < -0.4 is 0 Å². The summed E-state index contributed by atoms with van der Waals surface area (Å²) in [4.78, 5) is 0. The molecular formula is C13H22BN5O. The van der Waals surface area contributed by atoms with E-state index in [1.54, 1.807) is 6.07 Å².